The number of rotatable bonds is 3. The van der Waals surface area contributed by atoms with E-state index in [2.05, 4.69) is 10.6 Å². The highest BCUT2D eigenvalue weighted by atomic mass is 16.6. The van der Waals surface area contributed by atoms with Crippen LogP contribution in [-0.4, -0.2) is 29.7 Å². The Balaban J connectivity index is 1.75. The lowest BCUT2D eigenvalue weighted by Gasteiger charge is -2.38. The van der Waals surface area contributed by atoms with Crippen molar-refractivity contribution >= 4 is 12.0 Å². The molecular formula is C14H24N2O3. The largest absolute Gasteiger partial charge is 0.444 e. The molecule has 0 heterocycles. The van der Waals surface area contributed by atoms with E-state index in [9.17, 15) is 9.59 Å². The van der Waals surface area contributed by atoms with Gasteiger partial charge < -0.3 is 15.4 Å². The Morgan fingerprint density at radius 3 is 2.16 bits per heavy atom. The third-order valence-corrected chi connectivity index (χ3v) is 3.76. The van der Waals surface area contributed by atoms with Crippen LogP contribution in [0.3, 0.4) is 0 Å². The first kappa shape index (κ1) is 14.2. The molecule has 0 saturated heterocycles. The van der Waals surface area contributed by atoms with Crippen LogP contribution in [0.5, 0.6) is 0 Å². The van der Waals surface area contributed by atoms with Gasteiger partial charge in [0.1, 0.15) is 5.60 Å². The van der Waals surface area contributed by atoms with Crippen molar-refractivity contribution in [3.05, 3.63) is 0 Å². The maximum atomic E-state index is 12.0. The monoisotopic (exact) mass is 268 g/mol. The molecule has 0 aromatic heterocycles. The Kier molecular flexibility index (Phi) is 4.02. The average Bonchev–Trinajstić information content (AvgIpc) is 2.16. The first-order valence-corrected chi connectivity index (χ1v) is 7.15. The summed E-state index contributed by atoms with van der Waals surface area (Å²) in [5.41, 5.74) is -0.502. The lowest BCUT2D eigenvalue weighted by molar-refractivity contribution is -0.129. The minimum Gasteiger partial charge on any atom is -0.444 e. The SMILES string of the molecule is CC(C)(C)OC(=O)N[C@H]1CC[C@H]1C(=O)NC1CCC1. The van der Waals surface area contributed by atoms with Gasteiger partial charge in [0.25, 0.3) is 0 Å². The second kappa shape index (κ2) is 5.39. The maximum Gasteiger partial charge on any atom is 0.407 e. The summed E-state index contributed by atoms with van der Waals surface area (Å²) in [6.45, 7) is 5.48. The van der Waals surface area contributed by atoms with E-state index in [1.165, 1.54) is 6.42 Å². The molecule has 108 valence electrons. The Morgan fingerprint density at radius 2 is 1.74 bits per heavy atom. The van der Waals surface area contributed by atoms with Crippen molar-refractivity contribution in [2.45, 2.75) is 70.6 Å². The van der Waals surface area contributed by atoms with Crippen LogP contribution in [0.4, 0.5) is 4.79 Å². The van der Waals surface area contributed by atoms with Gasteiger partial charge in [0, 0.05) is 12.1 Å². The predicted octanol–water partition coefficient (Wildman–Crippen LogP) is 1.96. The zero-order valence-electron chi connectivity index (χ0n) is 12.0. The van der Waals surface area contributed by atoms with E-state index in [1.807, 2.05) is 20.8 Å². The van der Waals surface area contributed by atoms with Crippen LogP contribution in [0.15, 0.2) is 0 Å². The molecule has 0 aromatic rings. The van der Waals surface area contributed by atoms with Gasteiger partial charge >= 0.3 is 6.09 Å². The molecule has 2 aliphatic carbocycles. The van der Waals surface area contributed by atoms with Gasteiger partial charge in [-0.15, -0.1) is 0 Å². The van der Waals surface area contributed by atoms with Crippen molar-refractivity contribution in [1.29, 1.82) is 0 Å². The van der Waals surface area contributed by atoms with E-state index in [4.69, 9.17) is 4.74 Å². The molecule has 19 heavy (non-hydrogen) atoms. The second-order valence-electron chi connectivity index (χ2n) is 6.57. The van der Waals surface area contributed by atoms with Crippen molar-refractivity contribution in [1.82, 2.24) is 10.6 Å². The summed E-state index contributed by atoms with van der Waals surface area (Å²) in [5, 5.41) is 5.83. The first-order valence-electron chi connectivity index (χ1n) is 7.15. The van der Waals surface area contributed by atoms with E-state index >= 15 is 0 Å². The number of ether oxygens (including phenoxy) is 1. The summed E-state index contributed by atoms with van der Waals surface area (Å²) in [5.74, 6) is -0.00914. The van der Waals surface area contributed by atoms with E-state index in [0.29, 0.717) is 6.04 Å². The smallest absolute Gasteiger partial charge is 0.407 e. The van der Waals surface area contributed by atoms with Crippen LogP contribution in [0.2, 0.25) is 0 Å². The van der Waals surface area contributed by atoms with Crippen molar-refractivity contribution in [2.24, 2.45) is 5.92 Å². The second-order valence-corrected chi connectivity index (χ2v) is 6.57. The number of amides is 2. The van der Waals surface area contributed by atoms with Gasteiger partial charge in [0.05, 0.1) is 5.92 Å². The Morgan fingerprint density at radius 1 is 1.05 bits per heavy atom. The Bertz CT molecular complexity index is 358. The number of carbonyl (C=O) groups excluding carboxylic acids is 2. The molecular weight excluding hydrogens is 244 g/mol. The zero-order chi connectivity index (χ0) is 14.0. The van der Waals surface area contributed by atoms with Gasteiger partial charge in [0.2, 0.25) is 5.91 Å². The lowest BCUT2D eigenvalue weighted by atomic mass is 9.78. The van der Waals surface area contributed by atoms with Crippen molar-refractivity contribution in [2.75, 3.05) is 0 Å². The minimum atomic E-state index is -0.502. The molecule has 5 nitrogen and oxygen atoms in total. The molecule has 0 aliphatic heterocycles. The molecule has 0 bridgehead atoms. The lowest BCUT2D eigenvalue weighted by Crippen LogP contribution is -2.55. The van der Waals surface area contributed by atoms with Gasteiger partial charge in [-0.1, -0.05) is 0 Å². The minimum absolute atomic E-state index is 0.0741. The van der Waals surface area contributed by atoms with Gasteiger partial charge in [-0.05, 0) is 52.9 Å². The molecule has 2 N–H and O–H groups in total. The molecule has 0 radical (unpaired) electrons. The summed E-state index contributed by atoms with van der Waals surface area (Å²) in [6.07, 6.45) is 4.64. The number of carbonyl (C=O) groups is 2. The van der Waals surface area contributed by atoms with Crippen LogP contribution in [0.1, 0.15) is 52.9 Å². The highest BCUT2D eigenvalue weighted by molar-refractivity contribution is 5.81. The summed E-state index contributed by atoms with van der Waals surface area (Å²) in [7, 11) is 0. The molecule has 2 aliphatic rings. The summed E-state index contributed by atoms with van der Waals surface area (Å²) in [6, 6.07) is 0.283. The average molecular weight is 268 g/mol. The van der Waals surface area contributed by atoms with Crippen molar-refractivity contribution < 1.29 is 14.3 Å². The number of hydrogen-bond donors (Lipinski definition) is 2. The van der Waals surface area contributed by atoms with E-state index in [0.717, 1.165) is 25.7 Å². The van der Waals surface area contributed by atoms with Crippen LogP contribution in [-0.2, 0) is 9.53 Å². The van der Waals surface area contributed by atoms with E-state index < -0.39 is 11.7 Å². The highest BCUT2D eigenvalue weighted by Crippen LogP contribution is 2.29. The molecule has 2 atom stereocenters. The van der Waals surface area contributed by atoms with Crippen LogP contribution < -0.4 is 10.6 Å². The fourth-order valence-electron chi connectivity index (χ4n) is 2.31. The van der Waals surface area contributed by atoms with Crippen molar-refractivity contribution in [3.63, 3.8) is 0 Å². The number of nitrogens with one attached hydrogen (secondary N) is 2. The van der Waals surface area contributed by atoms with Crippen LogP contribution >= 0.6 is 0 Å². The Hall–Kier alpha value is -1.26. The topological polar surface area (TPSA) is 67.4 Å². The van der Waals surface area contributed by atoms with Crippen molar-refractivity contribution in [3.8, 4) is 0 Å². The third-order valence-electron chi connectivity index (χ3n) is 3.76. The van der Waals surface area contributed by atoms with E-state index in [-0.39, 0.29) is 17.9 Å². The molecule has 5 heteroatoms. The molecule has 2 fully saturated rings. The quantitative estimate of drug-likeness (QED) is 0.822. The van der Waals surface area contributed by atoms with Gasteiger partial charge in [0.15, 0.2) is 0 Å². The molecule has 0 aromatic carbocycles. The number of alkyl carbamates (subject to hydrolysis) is 1. The third kappa shape index (κ3) is 3.85. The summed E-state index contributed by atoms with van der Waals surface area (Å²) < 4.78 is 5.20. The fourth-order valence-corrected chi connectivity index (χ4v) is 2.31. The van der Waals surface area contributed by atoms with Gasteiger partial charge in [-0.25, -0.2) is 4.79 Å². The standard InChI is InChI=1S/C14H24N2O3/c1-14(2,3)19-13(18)16-11-8-7-10(11)12(17)15-9-5-4-6-9/h9-11H,4-8H2,1-3H3,(H,15,17)(H,16,18)/t10-,11+/m1/s1. The Labute approximate surface area is 114 Å². The molecule has 2 saturated carbocycles. The first-order chi connectivity index (χ1) is 8.85. The number of hydrogen-bond acceptors (Lipinski definition) is 3. The predicted molar refractivity (Wildman–Crippen MR) is 71.7 cm³/mol. The normalized spacial score (nSPS) is 26.9. The molecule has 0 spiro atoms. The van der Waals surface area contributed by atoms with E-state index in [1.54, 1.807) is 0 Å². The molecule has 0 unspecified atom stereocenters. The molecule has 2 rings (SSSR count). The fraction of sp³-hybridized carbons (Fsp3) is 0.857. The summed E-state index contributed by atoms with van der Waals surface area (Å²) >= 11 is 0. The summed E-state index contributed by atoms with van der Waals surface area (Å²) in [4.78, 5) is 23.7. The van der Waals surface area contributed by atoms with Crippen LogP contribution in [0.25, 0.3) is 0 Å². The zero-order valence-corrected chi connectivity index (χ0v) is 12.0. The van der Waals surface area contributed by atoms with Gasteiger partial charge in [-0.2, -0.15) is 0 Å². The molecule has 2 amide bonds. The maximum absolute atomic E-state index is 12.0. The van der Waals surface area contributed by atoms with Crippen LogP contribution in [0, 0.1) is 5.92 Å². The van der Waals surface area contributed by atoms with Gasteiger partial charge in [-0.3, -0.25) is 4.79 Å². The highest BCUT2D eigenvalue weighted by Gasteiger charge is 2.39.